The van der Waals surface area contributed by atoms with E-state index in [0.717, 1.165) is 37.0 Å². The molecule has 30 heavy (non-hydrogen) atoms. The van der Waals surface area contributed by atoms with Gasteiger partial charge in [0.2, 0.25) is 11.7 Å². The Morgan fingerprint density at radius 3 is 2.60 bits per heavy atom. The number of rotatable bonds is 7. The van der Waals surface area contributed by atoms with Gasteiger partial charge in [0, 0.05) is 22.9 Å². The molecule has 0 saturated heterocycles. The molecule has 2 aromatic heterocycles. The van der Waals surface area contributed by atoms with Crippen molar-refractivity contribution in [2.24, 2.45) is 0 Å². The molecule has 1 aliphatic carbocycles. The van der Waals surface area contributed by atoms with E-state index in [4.69, 9.17) is 25.6 Å². The minimum atomic E-state index is -3.88. The fourth-order valence-corrected chi connectivity index (χ4v) is 5.86. The maximum Gasteiger partial charge on any atom is 0.271 e. The zero-order valence-corrected chi connectivity index (χ0v) is 18.7. The van der Waals surface area contributed by atoms with Crippen LogP contribution in [0, 0.1) is 0 Å². The Labute approximate surface area is 183 Å². The molecule has 1 fully saturated rings. The van der Waals surface area contributed by atoms with Gasteiger partial charge in [-0.1, -0.05) is 29.6 Å². The molecule has 1 N–H and O–H groups in total. The molecule has 1 aromatic carbocycles. The topological polar surface area (TPSA) is 104 Å². The van der Waals surface area contributed by atoms with Crippen LogP contribution in [-0.2, 0) is 10.0 Å². The highest BCUT2D eigenvalue weighted by molar-refractivity contribution is 7.94. The van der Waals surface area contributed by atoms with Crippen LogP contribution in [0.2, 0.25) is 5.02 Å². The van der Waals surface area contributed by atoms with E-state index < -0.39 is 10.0 Å². The van der Waals surface area contributed by atoms with Crippen molar-refractivity contribution in [3.05, 3.63) is 34.5 Å². The summed E-state index contributed by atoms with van der Waals surface area (Å²) in [5.74, 6) is 1.97. The SMILES string of the molecule is COc1cc(OC)c(NS(=O)(=O)c2cc(-c3noc(C4CCCC4)n3)cs2)cc1Cl. The molecule has 0 spiro atoms. The van der Waals surface area contributed by atoms with E-state index >= 15 is 0 Å². The summed E-state index contributed by atoms with van der Waals surface area (Å²) in [6.07, 6.45) is 4.41. The third-order valence-electron chi connectivity index (χ3n) is 4.96. The molecule has 11 heteroatoms. The van der Waals surface area contributed by atoms with Crippen LogP contribution in [0.25, 0.3) is 11.4 Å². The second kappa shape index (κ2) is 8.44. The first-order chi connectivity index (χ1) is 14.4. The molecule has 0 atom stereocenters. The lowest BCUT2D eigenvalue weighted by molar-refractivity contribution is 0.354. The number of hydrogen-bond donors (Lipinski definition) is 1. The smallest absolute Gasteiger partial charge is 0.271 e. The van der Waals surface area contributed by atoms with Gasteiger partial charge in [0.05, 0.1) is 24.9 Å². The molecule has 1 saturated carbocycles. The monoisotopic (exact) mass is 469 g/mol. The Bertz CT molecular complexity index is 1150. The van der Waals surface area contributed by atoms with Gasteiger partial charge in [-0.3, -0.25) is 4.72 Å². The number of sulfonamides is 1. The predicted molar refractivity (Wildman–Crippen MR) is 114 cm³/mol. The number of benzene rings is 1. The quantitative estimate of drug-likeness (QED) is 0.523. The molecule has 4 rings (SSSR count). The molecule has 0 bridgehead atoms. The lowest BCUT2D eigenvalue weighted by atomic mass is 10.1. The van der Waals surface area contributed by atoms with E-state index in [2.05, 4.69) is 14.9 Å². The highest BCUT2D eigenvalue weighted by atomic mass is 35.5. The Hall–Kier alpha value is -2.30. The van der Waals surface area contributed by atoms with Crippen LogP contribution in [0.15, 0.2) is 32.3 Å². The largest absolute Gasteiger partial charge is 0.495 e. The zero-order chi connectivity index (χ0) is 21.3. The first-order valence-corrected chi connectivity index (χ1v) is 12.0. The molecule has 1 aliphatic rings. The maximum absolute atomic E-state index is 12.9. The van der Waals surface area contributed by atoms with Crippen LogP contribution in [-0.4, -0.2) is 32.8 Å². The molecular weight excluding hydrogens is 450 g/mol. The van der Waals surface area contributed by atoms with E-state index in [9.17, 15) is 8.42 Å². The molecule has 0 amide bonds. The van der Waals surface area contributed by atoms with Crippen LogP contribution >= 0.6 is 22.9 Å². The number of halogens is 1. The van der Waals surface area contributed by atoms with Crippen molar-refractivity contribution in [1.29, 1.82) is 0 Å². The van der Waals surface area contributed by atoms with Gasteiger partial charge < -0.3 is 14.0 Å². The fraction of sp³-hybridized carbons (Fsp3) is 0.368. The van der Waals surface area contributed by atoms with Crippen molar-refractivity contribution in [1.82, 2.24) is 10.1 Å². The van der Waals surface area contributed by atoms with E-state index in [1.54, 1.807) is 5.38 Å². The summed E-state index contributed by atoms with van der Waals surface area (Å²) in [5, 5.41) is 5.97. The standard InChI is InChI=1S/C19H20ClN3O5S2/c1-26-15-9-16(27-2)14(8-13(15)20)23-30(24,25)17-7-12(10-29-17)18-21-19(28-22-18)11-5-3-4-6-11/h7-11,23H,3-6H2,1-2H3. The molecule has 0 aliphatic heterocycles. The third-order valence-corrected chi connectivity index (χ3v) is 8.06. The Morgan fingerprint density at radius 1 is 1.17 bits per heavy atom. The Kier molecular flexibility index (Phi) is 5.90. The first kappa shape index (κ1) is 21.0. The molecule has 3 aromatic rings. The lowest BCUT2D eigenvalue weighted by Crippen LogP contribution is -2.12. The van der Waals surface area contributed by atoms with Crippen molar-refractivity contribution in [3.8, 4) is 22.9 Å². The van der Waals surface area contributed by atoms with Crippen molar-refractivity contribution in [2.75, 3.05) is 18.9 Å². The predicted octanol–water partition coefficient (Wildman–Crippen LogP) is 4.93. The van der Waals surface area contributed by atoms with Crippen molar-refractivity contribution < 1.29 is 22.4 Å². The van der Waals surface area contributed by atoms with E-state index in [0.29, 0.717) is 28.9 Å². The molecular formula is C19H20ClN3O5S2. The van der Waals surface area contributed by atoms with E-state index in [1.807, 2.05) is 0 Å². The minimum Gasteiger partial charge on any atom is -0.495 e. The summed E-state index contributed by atoms with van der Waals surface area (Å²) in [7, 11) is -0.977. The number of nitrogens with one attached hydrogen (secondary N) is 1. The van der Waals surface area contributed by atoms with Gasteiger partial charge in [-0.15, -0.1) is 11.3 Å². The van der Waals surface area contributed by atoms with Crippen LogP contribution in [0.3, 0.4) is 0 Å². The number of aromatic nitrogens is 2. The highest BCUT2D eigenvalue weighted by Crippen LogP contribution is 2.38. The van der Waals surface area contributed by atoms with Crippen LogP contribution < -0.4 is 14.2 Å². The first-order valence-electron chi connectivity index (χ1n) is 9.28. The van der Waals surface area contributed by atoms with Gasteiger partial charge in [0.15, 0.2) is 0 Å². The second-order valence-corrected chi connectivity index (χ2v) is 10.1. The molecule has 8 nitrogen and oxygen atoms in total. The van der Waals surface area contributed by atoms with Crippen molar-refractivity contribution in [2.45, 2.75) is 35.8 Å². The van der Waals surface area contributed by atoms with Gasteiger partial charge in [-0.25, -0.2) is 8.42 Å². The number of anilines is 1. The fourth-order valence-electron chi connectivity index (χ4n) is 3.40. The van der Waals surface area contributed by atoms with Gasteiger partial charge >= 0.3 is 0 Å². The van der Waals surface area contributed by atoms with Crippen LogP contribution in [0.1, 0.15) is 37.5 Å². The van der Waals surface area contributed by atoms with Gasteiger partial charge in [-0.05, 0) is 25.0 Å². The van der Waals surface area contributed by atoms with E-state index in [1.165, 1.54) is 32.4 Å². The maximum atomic E-state index is 12.9. The second-order valence-electron chi connectivity index (χ2n) is 6.88. The number of nitrogens with zero attached hydrogens (tertiary/aromatic N) is 2. The average molecular weight is 470 g/mol. The number of ether oxygens (including phenoxy) is 2. The third kappa shape index (κ3) is 4.12. The average Bonchev–Trinajstić information content (AvgIpc) is 3.48. The highest BCUT2D eigenvalue weighted by Gasteiger charge is 2.25. The lowest BCUT2D eigenvalue weighted by Gasteiger charge is -2.13. The number of methoxy groups -OCH3 is 2. The van der Waals surface area contributed by atoms with E-state index in [-0.39, 0.29) is 20.7 Å². The van der Waals surface area contributed by atoms with Crippen LogP contribution in [0.4, 0.5) is 5.69 Å². The van der Waals surface area contributed by atoms with Gasteiger partial charge in [-0.2, -0.15) is 4.98 Å². The number of hydrogen-bond acceptors (Lipinski definition) is 8. The molecule has 0 radical (unpaired) electrons. The summed E-state index contributed by atoms with van der Waals surface area (Å²) in [4.78, 5) is 4.46. The van der Waals surface area contributed by atoms with Crippen molar-refractivity contribution in [3.63, 3.8) is 0 Å². The summed E-state index contributed by atoms with van der Waals surface area (Å²) in [5.41, 5.74) is 0.800. The number of thiophene rings is 1. The Morgan fingerprint density at radius 2 is 1.90 bits per heavy atom. The Balaban J connectivity index is 1.58. The summed E-state index contributed by atoms with van der Waals surface area (Å²) in [6, 6.07) is 4.48. The molecule has 160 valence electrons. The summed E-state index contributed by atoms with van der Waals surface area (Å²) < 4.78 is 44.2. The molecule has 2 heterocycles. The zero-order valence-electron chi connectivity index (χ0n) is 16.3. The van der Waals surface area contributed by atoms with Crippen LogP contribution in [0.5, 0.6) is 11.5 Å². The molecule has 0 unspecified atom stereocenters. The van der Waals surface area contributed by atoms with Gasteiger partial charge in [0.25, 0.3) is 10.0 Å². The van der Waals surface area contributed by atoms with Crippen molar-refractivity contribution >= 4 is 38.6 Å². The summed E-state index contributed by atoms with van der Waals surface area (Å²) >= 11 is 7.20. The minimum absolute atomic E-state index is 0.110. The van der Waals surface area contributed by atoms with Gasteiger partial charge in [0.1, 0.15) is 15.7 Å². The normalized spacial score (nSPS) is 14.8. The summed E-state index contributed by atoms with van der Waals surface area (Å²) in [6.45, 7) is 0.